The molecule has 0 spiro atoms. The number of aryl methyl sites for hydroxylation is 1. The Morgan fingerprint density at radius 3 is 2.54 bits per heavy atom. The van der Waals surface area contributed by atoms with Gasteiger partial charge in [0.25, 0.3) is 0 Å². The van der Waals surface area contributed by atoms with Crippen LogP contribution in [-0.2, 0) is 9.53 Å². The van der Waals surface area contributed by atoms with Gasteiger partial charge in [-0.1, -0.05) is 33.1 Å². The van der Waals surface area contributed by atoms with Crippen LogP contribution in [0.5, 0.6) is 5.75 Å². The number of methoxy groups -OCH3 is 1. The maximum atomic E-state index is 11.9. The zero-order valence-corrected chi connectivity index (χ0v) is 18.0. The number of benzene rings is 1. The zero-order chi connectivity index (χ0) is 20.5. The largest absolute Gasteiger partial charge is 0.496 e. The van der Waals surface area contributed by atoms with Gasteiger partial charge in [-0.15, -0.1) is 11.8 Å². The summed E-state index contributed by atoms with van der Waals surface area (Å²) in [5.74, 6) is 1.49. The van der Waals surface area contributed by atoms with Crippen molar-refractivity contribution in [3.63, 3.8) is 0 Å². The molecule has 0 saturated heterocycles. The lowest BCUT2D eigenvalue weighted by Crippen LogP contribution is -2.12. The molecule has 0 aliphatic rings. The highest BCUT2D eigenvalue weighted by Gasteiger charge is 2.10. The molecule has 1 heterocycles. The van der Waals surface area contributed by atoms with Gasteiger partial charge in [-0.3, -0.25) is 4.79 Å². The van der Waals surface area contributed by atoms with E-state index in [0.29, 0.717) is 12.2 Å². The first-order valence-corrected chi connectivity index (χ1v) is 10.8. The van der Waals surface area contributed by atoms with E-state index in [2.05, 4.69) is 0 Å². The van der Waals surface area contributed by atoms with Crippen molar-refractivity contribution >= 4 is 28.7 Å². The van der Waals surface area contributed by atoms with E-state index in [1.165, 1.54) is 0 Å². The van der Waals surface area contributed by atoms with Gasteiger partial charge in [0.2, 0.25) is 0 Å². The average Bonchev–Trinajstić information content (AvgIpc) is 2.66. The number of rotatable bonds is 11. The molecule has 1 aromatic carbocycles. The van der Waals surface area contributed by atoms with Crippen LogP contribution in [0, 0.1) is 12.8 Å². The van der Waals surface area contributed by atoms with E-state index in [9.17, 15) is 9.59 Å². The van der Waals surface area contributed by atoms with Gasteiger partial charge in [0.05, 0.1) is 19.6 Å². The second kappa shape index (κ2) is 11.1. The molecule has 0 N–H and O–H groups in total. The number of carbonyl (C=O) groups excluding carboxylic acids is 1. The quantitative estimate of drug-likeness (QED) is 0.217. The number of esters is 1. The van der Waals surface area contributed by atoms with Crippen LogP contribution in [0.1, 0.15) is 51.5 Å². The summed E-state index contributed by atoms with van der Waals surface area (Å²) in [6.07, 6.45) is 5.29. The first-order valence-electron chi connectivity index (χ1n) is 9.84. The number of carbonyl (C=O) groups is 1. The topological polar surface area (TPSA) is 65.7 Å². The summed E-state index contributed by atoms with van der Waals surface area (Å²) in [4.78, 5) is 24.2. The van der Waals surface area contributed by atoms with Gasteiger partial charge >= 0.3 is 11.6 Å². The third-order valence-corrected chi connectivity index (χ3v) is 5.63. The molecule has 2 aromatic rings. The van der Waals surface area contributed by atoms with Crippen LogP contribution in [0.4, 0.5) is 0 Å². The summed E-state index contributed by atoms with van der Waals surface area (Å²) < 4.78 is 15.8. The maximum absolute atomic E-state index is 11.9. The van der Waals surface area contributed by atoms with E-state index in [0.717, 1.165) is 59.5 Å². The minimum Gasteiger partial charge on any atom is -0.496 e. The van der Waals surface area contributed by atoms with Crippen LogP contribution in [0.15, 0.2) is 32.3 Å². The molecule has 1 aromatic heterocycles. The van der Waals surface area contributed by atoms with Gasteiger partial charge in [0.15, 0.2) is 0 Å². The lowest BCUT2D eigenvalue weighted by molar-refractivity contribution is -0.147. The molecule has 5 nitrogen and oxygen atoms in total. The van der Waals surface area contributed by atoms with Gasteiger partial charge in [-0.05, 0) is 37.1 Å². The van der Waals surface area contributed by atoms with Gasteiger partial charge < -0.3 is 13.9 Å². The third kappa shape index (κ3) is 6.59. The van der Waals surface area contributed by atoms with Crippen molar-refractivity contribution in [2.45, 2.75) is 57.8 Å². The van der Waals surface area contributed by atoms with Crippen LogP contribution < -0.4 is 10.4 Å². The van der Waals surface area contributed by atoms with Crippen LogP contribution in [-0.4, -0.2) is 25.4 Å². The smallest absolute Gasteiger partial charge is 0.337 e. The second-order valence-corrected chi connectivity index (χ2v) is 8.32. The molecule has 0 radical (unpaired) electrons. The van der Waals surface area contributed by atoms with Crippen molar-refractivity contribution in [3.8, 4) is 5.75 Å². The summed E-state index contributed by atoms with van der Waals surface area (Å²) in [6.45, 7) is 6.19. The molecule has 0 bridgehead atoms. The molecule has 2 rings (SSSR count). The number of hydrogen-bond donors (Lipinski definition) is 0. The Labute approximate surface area is 170 Å². The molecule has 0 unspecified atom stereocenters. The van der Waals surface area contributed by atoms with Gasteiger partial charge in [-0.25, -0.2) is 4.79 Å². The fourth-order valence-electron chi connectivity index (χ4n) is 2.86. The second-order valence-electron chi connectivity index (χ2n) is 7.19. The highest BCUT2D eigenvalue weighted by Crippen LogP contribution is 2.32. The Morgan fingerprint density at radius 2 is 1.82 bits per heavy atom. The minimum atomic E-state index is -0.336. The third-order valence-electron chi connectivity index (χ3n) is 4.48. The number of ether oxygens (including phenoxy) is 2. The Balaban J connectivity index is 1.76. The molecule has 0 saturated carbocycles. The highest BCUT2D eigenvalue weighted by atomic mass is 32.2. The van der Waals surface area contributed by atoms with Crippen LogP contribution >= 0.6 is 11.8 Å². The maximum Gasteiger partial charge on any atom is 0.337 e. The van der Waals surface area contributed by atoms with Gasteiger partial charge in [0, 0.05) is 22.4 Å². The fourth-order valence-corrected chi connectivity index (χ4v) is 3.93. The summed E-state index contributed by atoms with van der Waals surface area (Å²) in [6, 6.07) is 5.36. The molecule has 154 valence electrons. The molecule has 0 aliphatic heterocycles. The fraction of sp³-hybridized carbons (Fsp3) is 0.545. The lowest BCUT2D eigenvalue weighted by Gasteiger charge is -2.09. The summed E-state index contributed by atoms with van der Waals surface area (Å²) in [7, 11) is 1.61. The van der Waals surface area contributed by atoms with Crippen molar-refractivity contribution in [2.75, 3.05) is 19.5 Å². The Bertz CT molecular complexity index is 841. The molecule has 0 atom stereocenters. The molecular weight excluding hydrogens is 376 g/mol. The standard InChI is InChI=1S/C22H30O5S/c1-15(2)22(24)26-10-8-6-5-7-9-11-28-20-14-21(23)27-19-13-18(25-4)16(3)12-17(19)20/h12-15H,5-11H2,1-4H3. The number of thioether (sulfide) groups is 1. The van der Waals surface area contributed by atoms with Crippen molar-refractivity contribution in [2.24, 2.45) is 5.92 Å². The van der Waals surface area contributed by atoms with E-state index >= 15 is 0 Å². The highest BCUT2D eigenvalue weighted by molar-refractivity contribution is 7.99. The first kappa shape index (κ1) is 22.3. The predicted molar refractivity (Wildman–Crippen MR) is 113 cm³/mol. The normalized spacial score (nSPS) is 11.2. The van der Waals surface area contributed by atoms with Crippen molar-refractivity contribution in [1.29, 1.82) is 0 Å². The number of unbranched alkanes of at least 4 members (excludes halogenated alkanes) is 4. The number of fused-ring (bicyclic) bond motifs is 1. The van der Waals surface area contributed by atoms with Gasteiger partial charge in [0.1, 0.15) is 11.3 Å². The first-order chi connectivity index (χ1) is 13.4. The lowest BCUT2D eigenvalue weighted by atomic mass is 10.1. The molecule has 0 amide bonds. The van der Waals surface area contributed by atoms with E-state index in [-0.39, 0.29) is 17.5 Å². The summed E-state index contributed by atoms with van der Waals surface area (Å²) in [5.41, 5.74) is 1.24. The van der Waals surface area contributed by atoms with Crippen LogP contribution in [0.2, 0.25) is 0 Å². The average molecular weight is 407 g/mol. The molecule has 6 heteroatoms. The molecule has 28 heavy (non-hydrogen) atoms. The van der Waals surface area contributed by atoms with E-state index in [1.54, 1.807) is 31.0 Å². The summed E-state index contributed by atoms with van der Waals surface area (Å²) in [5, 5.41) is 0.954. The van der Waals surface area contributed by atoms with E-state index < -0.39 is 0 Å². The molecular formula is C22H30O5S. The SMILES string of the molecule is COc1cc2oc(=O)cc(SCCCCCCCOC(=O)C(C)C)c2cc1C. The monoisotopic (exact) mass is 406 g/mol. The predicted octanol–water partition coefficient (Wildman–Crippen LogP) is 5.35. The minimum absolute atomic E-state index is 0.0570. The Hall–Kier alpha value is -1.95. The molecule has 0 fully saturated rings. The van der Waals surface area contributed by atoms with Crippen LogP contribution in [0.25, 0.3) is 11.0 Å². The van der Waals surface area contributed by atoms with Crippen molar-refractivity contribution in [3.05, 3.63) is 34.2 Å². The van der Waals surface area contributed by atoms with E-state index in [4.69, 9.17) is 13.9 Å². The van der Waals surface area contributed by atoms with Crippen LogP contribution in [0.3, 0.4) is 0 Å². The Kier molecular flexibility index (Phi) is 8.90. The van der Waals surface area contributed by atoms with Crippen molar-refractivity contribution in [1.82, 2.24) is 0 Å². The zero-order valence-electron chi connectivity index (χ0n) is 17.2. The van der Waals surface area contributed by atoms with Gasteiger partial charge in [-0.2, -0.15) is 0 Å². The summed E-state index contributed by atoms with van der Waals surface area (Å²) >= 11 is 1.69. The van der Waals surface area contributed by atoms with E-state index in [1.807, 2.05) is 26.8 Å². The van der Waals surface area contributed by atoms with Crippen molar-refractivity contribution < 1.29 is 18.7 Å². The Morgan fingerprint density at radius 1 is 1.11 bits per heavy atom. The molecule has 0 aliphatic carbocycles. The number of hydrogen-bond acceptors (Lipinski definition) is 6.